The van der Waals surface area contributed by atoms with Crippen LogP contribution in [0, 0.1) is 11.7 Å². The second-order valence-corrected chi connectivity index (χ2v) is 6.81. The van der Waals surface area contributed by atoms with Gasteiger partial charge in [0.05, 0.1) is 12.2 Å². The zero-order valence-corrected chi connectivity index (χ0v) is 13.6. The van der Waals surface area contributed by atoms with E-state index in [9.17, 15) is 9.18 Å². The van der Waals surface area contributed by atoms with Crippen molar-refractivity contribution in [2.45, 2.75) is 25.0 Å². The largest absolute Gasteiger partial charge is 0.463 e. The normalized spacial score (nSPS) is 27.4. The van der Waals surface area contributed by atoms with Gasteiger partial charge in [-0.25, -0.2) is 4.39 Å². The van der Waals surface area contributed by atoms with Gasteiger partial charge in [0.25, 0.3) is 0 Å². The van der Waals surface area contributed by atoms with E-state index < -0.39 is 0 Å². The minimum atomic E-state index is -0.360. The van der Waals surface area contributed by atoms with Crippen LogP contribution >= 0.6 is 0 Å². The van der Waals surface area contributed by atoms with E-state index in [1.165, 1.54) is 12.1 Å². The number of ether oxygens (including phenoxy) is 2. The van der Waals surface area contributed by atoms with Crippen LogP contribution in [0.5, 0.6) is 0 Å². The number of ketones is 1. The molecule has 0 spiro atoms. The molecular formula is C21H17FO3. The summed E-state index contributed by atoms with van der Waals surface area (Å²) >= 11 is 0. The van der Waals surface area contributed by atoms with Gasteiger partial charge in [0.1, 0.15) is 11.6 Å². The summed E-state index contributed by atoms with van der Waals surface area (Å²) < 4.78 is 25.4. The van der Waals surface area contributed by atoms with Crippen LogP contribution in [0.1, 0.15) is 40.2 Å². The lowest BCUT2D eigenvalue weighted by Crippen LogP contribution is -2.40. The zero-order chi connectivity index (χ0) is 17.0. The highest BCUT2D eigenvalue weighted by atomic mass is 19.1. The van der Waals surface area contributed by atoms with Gasteiger partial charge in [-0.05, 0) is 30.5 Å². The smallest absolute Gasteiger partial charge is 0.203 e. The SMILES string of the molecule is O=C1C2=C(O[C@@H]3OCCC[C@@H]3[C@@H]2c2ccc(F)cc2)c2ccccc21. The summed E-state index contributed by atoms with van der Waals surface area (Å²) in [6, 6.07) is 14.0. The Bertz CT molecular complexity index is 884. The number of allylic oxidation sites excluding steroid dienone is 1. The highest BCUT2D eigenvalue weighted by Gasteiger charge is 2.48. The van der Waals surface area contributed by atoms with E-state index in [-0.39, 0.29) is 29.7 Å². The molecule has 0 N–H and O–H groups in total. The summed E-state index contributed by atoms with van der Waals surface area (Å²) in [5, 5.41) is 0. The van der Waals surface area contributed by atoms with Crippen LogP contribution < -0.4 is 0 Å². The molecule has 2 aromatic rings. The first-order valence-electron chi connectivity index (χ1n) is 8.66. The third kappa shape index (κ3) is 2.17. The number of rotatable bonds is 1. The number of halogens is 1. The topological polar surface area (TPSA) is 35.5 Å². The third-order valence-electron chi connectivity index (χ3n) is 5.42. The predicted molar refractivity (Wildman–Crippen MR) is 90.4 cm³/mol. The lowest BCUT2D eigenvalue weighted by atomic mass is 9.74. The average Bonchev–Trinajstić information content (AvgIpc) is 2.93. The van der Waals surface area contributed by atoms with E-state index in [1.54, 1.807) is 12.1 Å². The van der Waals surface area contributed by atoms with Gasteiger partial charge in [0.2, 0.25) is 6.29 Å². The fourth-order valence-electron chi connectivity index (χ4n) is 4.32. The molecule has 3 nitrogen and oxygen atoms in total. The fourth-order valence-corrected chi connectivity index (χ4v) is 4.32. The van der Waals surface area contributed by atoms with Gasteiger partial charge in [-0.1, -0.05) is 36.4 Å². The van der Waals surface area contributed by atoms with Crippen molar-refractivity contribution >= 4 is 11.5 Å². The minimum Gasteiger partial charge on any atom is -0.463 e. The molecule has 3 aliphatic rings. The van der Waals surface area contributed by atoms with Crippen molar-refractivity contribution in [3.05, 3.63) is 76.6 Å². The Kier molecular flexibility index (Phi) is 3.28. The first kappa shape index (κ1) is 14.8. The van der Waals surface area contributed by atoms with Crippen molar-refractivity contribution in [2.24, 2.45) is 5.92 Å². The van der Waals surface area contributed by atoms with Crippen molar-refractivity contribution in [1.29, 1.82) is 0 Å². The van der Waals surface area contributed by atoms with E-state index in [0.29, 0.717) is 23.5 Å². The first-order valence-corrected chi connectivity index (χ1v) is 8.66. The number of carbonyl (C=O) groups is 1. The molecule has 0 aromatic heterocycles. The van der Waals surface area contributed by atoms with Crippen LogP contribution in [0.15, 0.2) is 54.1 Å². The molecule has 0 unspecified atom stereocenters. The van der Waals surface area contributed by atoms with Gasteiger partial charge in [-0.15, -0.1) is 0 Å². The molecule has 2 aliphatic heterocycles. The standard InChI is InChI=1S/C21H17FO3/c22-13-9-7-12(8-10-13)17-16-6-3-11-24-21(16)25-20-15-5-2-1-4-14(15)19(23)18(17)20/h1-2,4-5,7-10,16-17,21H,3,6,11H2/t16-,17+,21+/m1/s1. The Balaban J connectivity index is 1.70. The van der Waals surface area contributed by atoms with Crippen molar-refractivity contribution in [1.82, 2.24) is 0 Å². The van der Waals surface area contributed by atoms with Crippen LogP contribution in [0.3, 0.4) is 0 Å². The summed E-state index contributed by atoms with van der Waals surface area (Å²) in [4.78, 5) is 13.1. The lowest BCUT2D eigenvalue weighted by molar-refractivity contribution is -0.165. The van der Waals surface area contributed by atoms with Crippen molar-refractivity contribution in [3.8, 4) is 0 Å². The molecule has 0 radical (unpaired) electrons. The Hall–Kier alpha value is -2.46. The molecule has 0 amide bonds. The van der Waals surface area contributed by atoms with Crippen LogP contribution in [0.2, 0.25) is 0 Å². The average molecular weight is 336 g/mol. The highest BCUT2D eigenvalue weighted by molar-refractivity contribution is 6.20. The second kappa shape index (κ2) is 5.53. The molecular weight excluding hydrogens is 319 g/mol. The molecule has 126 valence electrons. The van der Waals surface area contributed by atoms with Gasteiger partial charge < -0.3 is 9.47 Å². The van der Waals surface area contributed by atoms with Crippen molar-refractivity contribution < 1.29 is 18.7 Å². The van der Waals surface area contributed by atoms with E-state index in [4.69, 9.17) is 9.47 Å². The van der Waals surface area contributed by atoms with Crippen LogP contribution in [-0.4, -0.2) is 18.7 Å². The maximum atomic E-state index is 13.4. The number of carbonyl (C=O) groups excluding carboxylic acids is 1. The van der Waals surface area contributed by atoms with Crippen molar-refractivity contribution in [2.75, 3.05) is 6.61 Å². The summed E-state index contributed by atoms with van der Waals surface area (Å²) in [5.41, 5.74) is 3.15. The van der Waals surface area contributed by atoms with Crippen molar-refractivity contribution in [3.63, 3.8) is 0 Å². The summed E-state index contributed by atoms with van der Waals surface area (Å²) in [7, 11) is 0. The monoisotopic (exact) mass is 336 g/mol. The molecule has 0 bridgehead atoms. The number of hydrogen-bond donors (Lipinski definition) is 0. The van der Waals surface area contributed by atoms with E-state index in [2.05, 4.69) is 0 Å². The number of Topliss-reactive ketones (excluding diaryl/α,β-unsaturated/α-hetero) is 1. The van der Waals surface area contributed by atoms with E-state index >= 15 is 0 Å². The minimum absolute atomic E-state index is 0.0175. The molecule has 5 rings (SSSR count). The molecule has 3 atom stereocenters. The van der Waals surface area contributed by atoms with Crippen LogP contribution in [0.25, 0.3) is 5.76 Å². The number of fused-ring (bicyclic) bond motifs is 3. The predicted octanol–water partition coefficient (Wildman–Crippen LogP) is 4.30. The molecule has 0 saturated carbocycles. The lowest BCUT2D eigenvalue weighted by Gasteiger charge is -2.41. The number of hydrogen-bond acceptors (Lipinski definition) is 3. The van der Waals surface area contributed by atoms with Crippen LogP contribution in [0.4, 0.5) is 4.39 Å². The molecule has 2 aromatic carbocycles. The Labute approximate surface area is 145 Å². The molecule has 25 heavy (non-hydrogen) atoms. The molecule has 4 heteroatoms. The van der Waals surface area contributed by atoms with Gasteiger partial charge in [0, 0.05) is 23.0 Å². The first-order chi connectivity index (χ1) is 12.2. The van der Waals surface area contributed by atoms with Gasteiger partial charge >= 0.3 is 0 Å². The molecule has 1 aliphatic carbocycles. The zero-order valence-electron chi connectivity index (χ0n) is 13.6. The highest BCUT2D eigenvalue weighted by Crippen LogP contribution is 2.52. The van der Waals surface area contributed by atoms with Gasteiger partial charge in [-0.2, -0.15) is 0 Å². The second-order valence-electron chi connectivity index (χ2n) is 6.81. The fraction of sp³-hybridized carbons (Fsp3) is 0.286. The Morgan fingerprint density at radius 3 is 2.56 bits per heavy atom. The molecule has 2 heterocycles. The van der Waals surface area contributed by atoms with Gasteiger partial charge in [0.15, 0.2) is 5.78 Å². The Morgan fingerprint density at radius 1 is 1.00 bits per heavy atom. The maximum Gasteiger partial charge on any atom is 0.203 e. The maximum absolute atomic E-state index is 13.4. The molecule has 1 fully saturated rings. The number of benzene rings is 2. The summed E-state index contributed by atoms with van der Waals surface area (Å²) in [5.74, 6) is 0.315. The third-order valence-corrected chi connectivity index (χ3v) is 5.42. The molecule has 1 saturated heterocycles. The van der Waals surface area contributed by atoms with E-state index in [1.807, 2.05) is 24.3 Å². The summed E-state index contributed by atoms with van der Waals surface area (Å²) in [6.45, 7) is 0.662. The quantitative estimate of drug-likeness (QED) is 0.779. The van der Waals surface area contributed by atoms with Crippen LogP contribution in [-0.2, 0) is 9.47 Å². The Morgan fingerprint density at radius 2 is 1.76 bits per heavy atom. The summed E-state index contributed by atoms with van der Waals surface area (Å²) in [6.07, 6.45) is 1.50. The van der Waals surface area contributed by atoms with E-state index in [0.717, 1.165) is 24.0 Å². The van der Waals surface area contributed by atoms with Gasteiger partial charge in [-0.3, -0.25) is 4.79 Å².